The number of nitrogen functional groups attached to an aromatic ring is 1. The summed E-state index contributed by atoms with van der Waals surface area (Å²) < 4.78 is 0. The fourth-order valence-electron chi connectivity index (χ4n) is 1.59. The number of thioether (sulfide) groups is 1. The summed E-state index contributed by atoms with van der Waals surface area (Å²) in [7, 11) is 0. The molecule has 0 atom stereocenters. The number of hydrogen-bond donors (Lipinski definition) is 1. The van der Waals surface area contributed by atoms with Crippen LogP contribution >= 0.6 is 11.8 Å². The van der Waals surface area contributed by atoms with Crippen LogP contribution in [0.5, 0.6) is 0 Å². The van der Waals surface area contributed by atoms with E-state index in [-0.39, 0.29) is 5.12 Å². The molecule has 0 saturated carbocycles. The van der Waals surface area contributed by atoms with E-state index in [4.69, 9.17) is 5.73 Å². The highest BCUT2D eigenvalue weighted by atomic mass is 32.2. The van der Waals surface area contributed by atoms with E-state index in [2.05, 4.69) is 0 Å². The molecule has 86 valence electrons. The fraction of sp³-hybridized carbons (Fsp3) is 0.0714. The predicted molar refractivity (Wildman–Crippen MR) is 72.8 cm³/mol. The second-order valence-electron chi connectivity index (χ2n) is 3.71. The van der Waals surface area contributed by atoms with E-state index < -0.39 is 0 Å². The summed E-state index contributed by atoms with van der Waals surface area (Å²) in [5, 5.41) is 0.0434. The van der Waals surface area contributed by atoms with Gasteiger partial charge in [0.05, 0.1) is 0 Å². The Balaban J connectivity index is 2.41. The predicted octanol–water partition coefficient (Wildman–Crippen LogP) is 3.57. The van der Waals surface area contributed by atoms with Gasteiger partial charge in [0, 0.05) is 17.5 Å². The number of carbonyl (C=O) groups is 1. The van der Waals surface area contributed by atoms with E-state index in [0.29, 0.717) is 5.69 Å². The molecule has 2 N–H and O–H groups in total. The zero-order valence-electron chi connectivity index (χ0n) is 9.51. The van der Waals surface area contributed by atoms with Gasteiger partial charge in [-0.1, -0.05) is 48.2 Å². The number of rotatable bonds is 2. The maximum atomic E-state index is 11.1. The van der Waals surface area contributed by atoms with Gasteiger partial charge in [0.25, 0.3) is 0 Å². The van der Waals surface area contributed by atoms with E-state index >= 15 is 0 Å². The number of nitrogens with two attached hydrogens (primary N) is 1. The Morgan fingerprint density at radius 1 is 1.06 bits per heavy atom. The van der Waals surface area contributed by atoms with Crippen molar-refractivity contribution in [2.24, 2.45) is 0 Å². The van der Waals surface area contributed by atoms with Gasteiger partial charge in [-0.15, -0.1) is 0 Å². The monoisotopic (exact) mass is 243 g/mol. The molecule has 0 aliphatic rings. The third-order valence-electron chi connectivity index (χ3n) is 2.37. The van der Waals surface area contributed by atoms with Gasteiger partial charge >= 0.3 is 0 Å². The first-order valence-electron chi connectivity index (χ1n) is 5.30. The van der Waals surface area contributed by atoms with Crippen LogP contribution in [0.3, 0.4) is 0 Å². The molecule has 0 aliphatic carbocycles. The van der Waals surface area contributed by atoms with Gasteiger partial charge in [-0.2, -0.15) is 0 Å². The van der Waals surface area contributed by atoms with Gasteiger partial charge in [0.2, 0.25) is 0 Å². The maximum absolute atomic E-state index is 11.1. The first-order valence-corrected chi connectivity index (χ1v) is 6.12. The molecule has 0 radical (unpaired) electrons. The summed E-state index contributed by atoms with van der Waals surface area (Å²) in [6.45, 7) is 1.54. The van der Waals surface area contributed by atoms with Crippen LogP contribution in [0.15, 0.2) is 53.4 Å². The lowest BCUT2D eigenvalue weighted by Gasteiger charge is -2.07. The molecule has 0 bridgehead atoms. The van der Waals surface area contributed by atoms with Crippen LogP contribution in [0.25, 0.3) is 11.1 Å². The minimum Gasteiger partial charge on any atom is -0.398 e. The molecular formula is C14H13NOS. The Kier molecular flexibility index (Phi) is 3.49. The molecule has 2 nitrogen and oxygen atoms in total. The Bertz CT molecular complexity index is 537. The Morgan fingerprint density at radius 2 is 1.76 bits per heavy atom. The Morgan fingerprint density at radius 3 is 2.41 bits per heavy atom. The zero-order valence-corrected chi connectivity index (χ0v) is 10.3. The van der Waals surface area contributed by atoms with Gasteiger partial charge in [-0.05, 0) is 23.3 Å². The van der Waals surface area contributed by atoms with Crippen LogP contribution in [0.4, 0.5) is 5.69 Å². The van der Waals surface area contributed by atoms with Crippen molar-refractivity contribution in [2.75, 3.05) is 5.73 Å². The molecule has 2 aromatic rings. The van der Waals surface area contributed by atoms with E-state index in [1.165, 1.54) is 11.8 Å². The van der Waals surface area contributed by atoms with Gasteiger partial charge in [-0.25, -0.2) is 0 Å². The molecule has 3 heteroatoms. The van der Waals surface area contributed by atoms with Gasteiger partial charge in [-0.3, -0.25) is 4.79 Å². The van der Waals surface area contributed by atoms with Crippen molar-refractivity contribution in [3.63, 3.8) is 0 Å². The third kappa shape index (κ3) is 2.88. The van der Waals surface area contributed by atoms with E-state index in [9.17, 15) is 4.79 Å². The van der Waals surface area contributed by atoms with Crippen LogP contribution in [-0.4, -0.2) is 5.12 Å². The lowest BCUT2D eigenvalue weighted by molar-refractivity contribution is -0.109. The van der Waals surface area contributed by atoms with Gasteiger partial charge < -0.3 is 5.73 Å². The average Bonchev–Trinajstić information content (AvgIpc) is 2.32. The summed E-state index contributed by atoms with van der Waals surface area (Å²) >= 11 is 1.17. The smallest absolute Gasteiger partial charge is 0.190 e. The molecule has 0 fully saturated rings. The van der Waals surface area contributed by atoms with Crippen molar-refractivity contribution >= 4 is 22.6 Å². The van der Waals surface area contributed by atoms with Gasteiger partial charge in [0.1, 0.15) is 0 Å². The zero-order chi connectivity index (χ0) is 12.3. The van der Waals surface area contributed by atoms with Crippen LogP contribution in [0.1, 0.15) is 6.92 Å². The first-order chi connectivity index (χ1) is 8.16. The molecule has 0 spiro atoms. The molecular weight excluding hydrogens is 230 g/mol. The molecule has 0 heterocycles. The highest BCUT2D eigenvalue weighted by Gasteiger charge is 2.05. The van der Waals surface area contributed by atoms with Crippen LogP contribution < -0.4 is 5.73 Å². The molecule has 0 aromatic heterocycles. The molecule has 2 rings (SSSR count). The standard InChI is InChI=1S/C14H13NOS/c1-10(16)17-14-9-12(7-8-13(14)15)11-5-3-2-4-6-11/h2-9H,15H2,1H3. The van der Waals surface area contributed by atoms with Crippen molar-refractivity contribution in [1.82, 2.24) is 0 Å². The van der Waals surface area contributed by atoms with Crippen molar-refractivity contribution in [2.45, 2.75) is 11.8 Å². The second kappa shape index (κ2) is 5.06. The van der Waals surface area contributed by atoms with Crippen molar-refractivity contribution in [3.05, 3.63) is 48.5 Å². The summed E-state index contributed by atoms with van der Waals surface area (Å²) in [6.07, 6.45) is 0. The van der Waals surface area contributed by atoms with Crippen LogP contribution in [-0.2, 0) is 4.79 Å². The second-order valence-corrected chi connectivity index (χ2v) is 4.93. The minimum absolute atomic E-state index is 0.0434. The lowest BCUT2D eigenvalue weighted by atomic mass is 10.1. The summed E-state index contributed by atoms with van der Waals surface area (Å²) in [6, 6.07) is 15.8. The van der Waals surface area contributed by atoms with Gasteiger partial charge in [0.15, 0.2) is 5.12 Å². The SMILES string of the molecule is CC(=O)Sc1cc(-c2ccccc2)ccc1N. The minimum atomic E-state index is 0.0434. The molecule has 17 heavy (non-hydrogen) atoms. The Labute approximate surface area is 105 Å². The number of hydrogen-bond acceptors (Lipinski definition) is 3. The average molecular weight is 243 g/mol. The van der Waals surface area contributed by atoms with Crippen LogP contribution in [0.2, 0.25) is 0 Å². The third-order valence-corrected chi connectivity index (χ3v) is 3.24. The highest BCUT2D eigenvalue weighted by Crippen LogP contribution is 2.30. The summed E-state index contributed by atoms with van der Waals surface area (Å²) in [5.41, 5.74) is 8.68. The molecule has 0 unspecified atom stereocenters. The van der Waals surface area contributed by atoms with Crippen molar-refractivity contribution < 1.29 is 4.79 Å². The normalized spacial score (nSPS) is 10.2. The van der Waals surface area contributed by atoms with E-state index in [0.717, 1.165) is 16.0 Å². The molecule has 0 saturated heterocycles. The van der Waals surface area contributed by atoms with Crippen LogP contribution in [0, 0.1) is 0 Å². The summed E-state index contributed by atoms with van der Waals surface area (Å²) in [4.78, 5) is 11.9. The first kappa shape index (κ1) is 11.7. The number of carbonyl (C=O) groups excluding carboxylic acids is 1. The number of benzene rings is 2. The van der Waals surface area contributed by atoms with E-state index in [1.54, 1.807) is 6.92 Å². The van der Waals surface area contributed by atoms with Crippen molar-refractivity contribution in [3.8, 4) is 11.1 Å². The largest absolute Gasteiger partial charge is 0.398 e. The fourth-order valence-corrected chi connectivity index (χ4v) is 2.27. The quantitative estimate of drug-likeness (QED) is 0.647. The van der Waals surface area contributed by atoms with E-state index in [1.807, 2.05) is 48.5 Å². The maximum Gasteiger partial charge on any atom is 0.190 e. The summed E-state index contributed by atoms with van der Waals surface area (Å²) in [5.74, 6) is 0. The number of anilines is 1. The van der Waals surface area contributed by atoms with Crippen molar-refractivity contribution in [1.29, 1.82) is 0 Å². The molecule has 2 aromatic carbocycles. The highest BCUT2D eigenvalue weighted by molar-refractivity contribution is 8.13. The lowest BCUT2D eigenvalue weighted by Crippen LogP contribution is -1.91. The molecule has 0 amide bonds. The molecule has 0 aliphatic heterocycles. The Hall–Kier alpha value is -1.74. The topological polar surface area (TPSA) is 43.1 Å².